The summed E-state index contributed by atoms with van der Waals surface area (Å²) in [5.41, 5.74) is 0.164. The van der Waals surface area contributed by atoms with Gasteiger partial charge in [0.1, 0.15) is 0 Å². The lowest BCUT2D eigenvalue weighted by molar-refractivity contribution is 0.0842. The van der Waals surface area contributed by atoms with Gasteiger partial charge in [0.25, 0.3) is 0 Å². The molecule has 3 heteroatoms. The molecule has 1 aliphatic rings. The molecular weight excluding hydrogens is 346 g/mol. The minimum absolute atomic E-state index is 0.212. The van der Waals surface area contributed by atoms with Crippen LogP contribution in [0.4, 0.5) is 0 Å². The van der Waals surface area contributed by atoms with Crippen LogP contribution in [-0.2, 0) is 5.41 Å². The molecule has 0 fully saturated rings. The number of carbonyl (C=O) groups excluding carboxylic acids is 2. The molecule has 0 aliphatic heterocycles. The zero-order valence-corrected chi connectivity index (χ0v) is 17.0. The summed E-state index contributed by atoms with van der Waals surface area (Å²) in [5.74, 6) is 5.86. The molecule has 3 nitrogen and oxygen atoms in total. The normalized spacial score (nSPS) is 15.1. The van der Waals surface area contributed by atoms with E-state index in [1.165, 1.54) is 0 Å². The fourth-order valence-corrected chi connectivity index (χ4v) is 4.02. The highest BCUT2D eigenvalue weighted by atomic mass is 16.2. The van der Waals surface area contributed by atoms with E-state index in [1.807, 2.05) is 30.3 Å². The molecule has 0 heterocycles. The van der Waals surface area contributed by atoms with Crippen LogP contribution in [0.1, 0.15) is 60.4 Å². The molecule has 2 aromatic carbocycles. The van der Waals surface area contributed by atoms with Gasteiger partial charge >= 0.3 is 0 Å². The van der Waals surface area contributed by atoms with Crippen molar-refractivity contribution >= 4 is 11.6 Å². The van der Waals surface area contributed by atoms with Crippen molar-refractivity contribution in [2.45, 2.75) is 51.6 Å². The molecule has 0 N–H and O–H groups in total. The molecule has 0 saturated heterocycles. The fraction of sp³-hybridized carbons (Fsp3) is 0.360. The number of rotatable bonds is 5. The Morgan fingerprint density at radius 2 is 1.32 bits per heavy atom. The van der Waals surface area contributed by atoms with E-state index in [0.29, 0.717) is 35.2 Å². The van der Waals surface area contributed by atoms with Crippen LogP contribution in [-0.4, -0.2) is 35.1 Å². The van der Waals surface area contributed by atoms with Crippen molar-refractivity contribution < 1.29 is 9.59 Å². The molecule has 2 aromatic rings. The molecule has 0 saturated carbocycles. The van der Waals surface area contributed by atoms with E-state index in [0.717, 1.165) is 6.54 Å². The smallest absolute Gasteiger partial charge is 0.194 e. The summed E-state index contributed by atoms with van der Waals surface area (Å²) in [6.45, 7) is 9.47. The zero-order chi connectivity index (χ0) is 20.3. The summed E-state index contributed by atoms with van der Waals surface area (Å²) in [7, 11) is 0. The number of fused-ring (bicyclic) bond motifs is 1. The standard InChI is InChI=1S/C25H27NO2/c1-18(2)26(19(3)4)17-11-10-16-25(20-12-6-5-7-13-20)23(27)21-14-8-9-15-22(21)24(25)28/h5-9,12-15,18-19H,11,17H2,1-4H3. The van der Waals surface area contributed by atoms with Crippen LogP contribution in [0.5, 0.6) is 0 Å². The molecular formula is C25H27NO2. The third kappa shape index (κ3) is 3.41. The largest absolute Gasteiger partial charge is 0.298 e. The molecule has 144 valence electrons. The van der Waals surface area contributed by atoms with E-state index in [9.17, 15) is 9.59 Å². The summed E-state index contributed by atoms with van der Waals surface area (Å²) in [5, 5.41) is 0. The Morgan fingerprint density at radius 3 is 1.82 bits per heavy atom. The van der Waals surface area contributed by atoms with Gasteiger partial charge in [-0.3, -0.25) is 14.5 Å². The summed E-state index contributed by atoms with van der Waals surface area (Å²) >= 11 is 0. The first kappa shape index (κ1) is 20.0. The van der Waals surface area contributed by atoms with Gasteiger partial charge in [-0.25, -0.2) is 0 Å². The second kappa shape index (κ2) is 8.12. The van der Waals surface area contributed by atoms with Crippen molar-refractivity contribution in [2.75, 3.05) is 6.54 Å². The molecule has 1 aliphatic carbocycles. The van der Waals surface area contributed by atoms with Crippen molar-refractivity contribution in [2.24, 2.45) is 0 Å². The fourth-order valence-electron chi connectivity index (χ4n) is 4.02. The maximum atomic E-state index is 13.3. The van der Waals surface area contributed by atoms with Crippen LogP contribution in [0.2, 0.25) is 0 Å². The van der Waals surface area contributed by atoms with Crippen LogP contribution < -0.4 is 0 Å². The molecule has 0 atom stereocenters. The number of hydrogen-bond donors (Lipinski definition) is 0. The van der Waals surface area contributed by atoms with Gasteiger partial charge in [-0.15, -0.1) is 5.92 Å². The average molecular weight is 373 g/mol. The maximum absolute atomic E-state index is 13.3. The predicted octanol–water partition coefficient (Wildman–Crippen LogP) is 4.52. The summed E-state index contributed by atoms with van der Waals surface area (Å²) in [6, 6.07) is 17.1. The van der Waals surface area contributed by atoms with Gasteiger partial charge < -0.3 is 0 Å². The highest BCUT2D eigenvalue weighted by Gasteiger charge is 2.53. The van der Waals surface area contributed by atoms with Crippen LogP contribution in [0.15, 0.2) is 54.6 Å². The number of ketones is 2. The number of hydrogen-bond acceptors (Lipinski definition) is 3. The van der Waals surface area contributed by atoms with E-state index in [-0.39, 0.29) is 11.6 Å². The van der Waals surface area contributed by atoms with Crippen LogP contribution in [0.3, 0.4) is 0 Å². The van der Waals surface area contributed by atoms with E-state index in [2.05, 4.69) is 44.4 Å². The lowest BCUT2D eigenvalue weighted by Gasteiger charge is -2.29. The van der Waals surface area contributed by atoms with Gasteiger partial charge in [0.2, 0.25) is 0 Å². The van der Waals surface area contributed by atoms with E-state index in [4.69, 9.17) is 0 Å². The third-order valence-corrected chi connectivity index (χ3v) is 5.40. The van der Waals surface area contributed by atoms with E-state index < -0.39 is 5.41 Å². The van der Waals surface area contributed by atoms with Gasteiger partial charge in [-0.1, -0.05) is 60.5 Å². The predicted molar refractivity (Wildman–Crippen MR) is 113 cm³/mol. The number of nitrogens with zero attached hydrogens (tertiary/aromatic N) is 1. The Kier molecular flexibility index (Phi) is 5.82. The van der Waals surface area contributed by atoms with E-state index in [1.54, 1.807) is 24.3 Å². The lowest BCUT2D eigenvalue weighted by atomic mass is 9.76. The quantitative estimate of drug-likeness (QED) is 0.571. The average Bonchev–Trinajstić information content (AvgIpc) is 2.90. The minimum atomic E-state index is -1.43. The zero-order valence-electron chi connectivity index (χ0n) is 17.0. The van der Waals surface area contributed by atoms with Crippen molar-refractivity contribution in [3.8, 4) is 11.8 Å². The molecule has 0 bridgehead atoms. The summed E-state index contributed by atoms with van der Waals surface area (Å²) in [6.07, 6.45) is 0.613. The maximum Gasteiger partial charge on any atom is 0.194 e. The number of benzene rings is 2. The first-order valence-electron chi connectivity index (χ1n) is 9.89. The van der Waals surface area contributed by atoms with E-state index >= 15 is 0 Å². The van der Waals surface area contributed by atoms with Crippen molar-refractivity contribution in [1.29, 1.82) is 0 Å². The minimum Gasteiger partial charge on any atom is -0.298 e. The molecule has 0 spiro atoms. The van der Waals surface area contributed by atoms with Gasteiger partial charge in [-0.05, 0) is 33.3 Å². The topological polar surface area (TPSA) is 37.4 Å². The monoisotopic (exact) mass is 373 g/mol. The van der Waals surface area contributed by atoms with Crippen molar-refractivity contribution in [1.82, 2.24) is 4.90 Å². The van der Waals surface area contributed by atoms with Crippen molar-refractivity contribution in [3.63, 3.8) is 0 Å². The number of carbonyl (C=O) groups is 2. The Bertz CT molecular complexity index is 889. The van der Waals surface area contributed by atoms with Crippen LogP contribution in [0.25, 0.3) is 0 Å². The van der Waals surface area contributed by atoms with Gasteiger partial charge in [0, 0.05) is 36.2 Å². The Labute approximate surface area is 167 Å². The molecule has 0 unspecified atom stereocenters. The van der Waals surface area contributed by atoms with Gasteiger partial charge in [-0.2, -0.15) is 0 Å². The molecule has 0 radical (unpaired) electrons. The van der Waals surface area contributed by atoms with Crippen LogP contribution >= 0.6 is 0 Å². The second-order valence-corrected chi connectivity index (χ2v) is 7.80. The number of Topliss-reactive ketones (excluding diaryl/α,β-unsaturated/α-hetero) is 2. The Hall–Kier alpha value is -2.70. The first-order chi connectivity index (χ1) is 13.4. The Morgan fingerprint density at radius 1 is 0.821 bits per heavy atom. The lowest BCUT2D eigenvalue weighted by Crippen LogP contribution is -2.38. The van der Waals surface area contributed by atoms with Gasteiger partial charge in [0.05, 0.1) is 0 Å². The highest BCUT2D eigenvalue weighted by Crippen LogP contribution is 2.39. The third-order valence-electron chi connectivity index (χ3n) is 5.40. The van der Waals surface area contributed by atoms with Crippen molar-refractivity contribution in [3.05, 3.63) is 71.3 Å². The molecule has 0 aromatic heterocycles. The molecule has 28 heavy (non-hydrogen) atoms. The summed E-state index contributed by atoms with van der Waals surface area (Å²) < 4.78 is 0. The van der Waals surface area contributed by atoms with Gasteiger partial charge in [0.15, 0.2) is 17.0 Å². The molecule has 3 rings (SSSR count). The highest BCUT2D eigenvalue weighted by molar-refractivity contribution is 6.35. The molecule has 0 amide bonds. The SMILES string of the molecule is CC(C)N(CCC#CC1(c2ccccc2)C(=O)c2ccccc2C1=O)C(C)C. The first-order valence-corrected chi connectivity index (χ1v) is 9.89. The second-order valence-electron chi connectivity index (χ2n) is 7.80. The summed E-state index contributed by atoms with van der Waals surface area (Å²) in [4.78, 5) is 29.0. The van der Waals surface area contributed by atoms with Crippen LogP contribution in [0, 0.1) is 11.8 Å². The Balaban J connectivity index is 1.98.